The van der Waals surface area contributed by atoms with Crippen molar-refractivity contribution in [2.24, 2.45) is 0 Å². The molecule has 0 N–H and O–H groups in total. The SMILES string of the molecule is CN(C(=O)C(F)(F)F)c1cc(Br)cs1. The van der Waals surface area contributed by atoms with E-state index in [1.54, 1.807) is 5.38 Å². The number of nitrogens with zero attached hydrogens (tertiary/aromatic N) is 1. The van der Waals surface area contributed by atoms with E-state index >= 15 is 0 Å². The summed E-state index contributed by atoms with van der Waals surface area (Å²) in [4.78, 5) is 11.3. The van der Waals surface area contributed by atoms with Gasteiger partial charge in [-0.15, -0.1) is 11.3 Å². The molecule has 0 bridgehead atoms. The number of halogens is 4. The number of carbonyl (C=O) groups is 1. The lowest BCUT2D eigenvalue weighted by molar-refractivity contribution is -0.170. The van der Waals surface area contributed by atoms with Crippen LogP contribution in [0.2, 0.25) is 0 Å². The van der Waals surface area contributed by atoms with Crippen molar-refractivity contribution in [2.45, 2.75) is 6.18 Å². The maximum absolute atomic E-state index is 12.0. The molecule has 0 spiro atoms. The van der Waals surface area contributed by atoms with Crippen molar-refractivity contribution in [1.29, 1.82) is 0 Å². The Morgan fingerprint density at radius 1 is 1.57 bits per heavy atom. The molecule has 1 amide bonds. The summed E-state index contributed by atoms with van der Waals surface area (Å²) in [5, 5.41) is 1.86. The Bertz CT molecular complexity index is 349. The predicted molar refractivity (Wildman–Crippen MR) is 51.5 cm³/mol. The van der Waals surface area contributed by atoms with Crippen LogP contribution in [0, 0.1) is 0 Å². The van der Waals surface area contributed by atoms with Crippen molar-refractivity contribution >= 4 is 38.2 Å². The number of alkyl halides is 3. The molecule has 0 unspecified atom stereocenters. The van der Waals surface area contributed by atoms with E-state index in [4.69, 9.17) is 0 Å². The number of carbonyl (C=O) groups excluding carboxylic acids is 1. The molecule has 1 rings (SSSR count). The lowest BCUT2D eigenvalue weighted by Crippen LogP contribution is -2.38. The monoisotopic (exact) mass is 287 g/mol. The average molecular weight is 288 g/mol. The van der Waals surface area contributed by atoms with Crippen LogP contribution in [0.5, 0.6) is 0 Å². The molecule has 7 heteroatoms. The van der Waals surface area contributed by atoms with Gasteiger partial charge in [0.2, 0.25) is 0 Å². The molecule has 0 atom stereocenters. The summed E-state index contributed by atoms with van der Waals surface area (Å²) in [6.45, 7) is 0. The van der Waals surface area contributed by atoms with E-state index in [0.29, 0.717) is 9.37 Å². The standard InChI is InChI=1S/C7H5BrF3NOS/c1-12(6(13)7(9,10)11)5-2-4(8)3-14-5/h2-3H,1H3. The summed E-state index contributed by atoms with van der Waals surface area (Å²) >= 11 is 4.15. The van der Waals surface area contributed by atoms with E-state index in [1.165, 1.54) is 6.07 Å². The number of rotatable bonds is 1. The molecule has 0 aliphatic carbocycles. The molecule has 1 aromatic rings. The van der Waals surface area contributed by atoms with Gasteiger partial charge in [0.15, 0.2) is 0 Å². The molecule has 0 saturated carbocycles. The zero-order chi connectivity index (χ0) is 10.9. The summed E-state index contributed by atoms with van der Waals surface area (Å²) in [7, 11) is 1.09. The van der Waals surface area contributed by atoms with E-state index in [1.807, 2.05) is 0 Å². The second kappa shape index (κ2) is 3.90. The van der Waals surface area contributed by atoms with Crippen LogP contribution in [-0.2, 0) is 4.79 Å². The first kappa shape index (κ1) is 11.5. The van der Waals surface area contributed by atoms with Gasteiger partial charge in [0, 0.05) is 16.9 Å². The minimum atomic E-state index is -4.83. The second-order valence-electron chi connectivity index (χ2n) is 2.47. The van der Waals surface area contributed by atoms with Gasteiger partial charge in [-0.3, -0.25) is 9.69 Å². The largest absolute Gasteiger partial charge is 0.471 e. The number of anilines is 1. The Morgan fingerprint density at radius 3 is 2.50 bits per heavy atom. The van der Waals surface area contributed by atoms with E-state index < -0.39 is 12.1 Å². The normalized spacial score (nSPS) is 11.5. The summed E-state index contributed by atoms with van der Waals surface area (Å²) in [5.41, 5.74) is 0. The Morgan fingerprint density at radius 2 is 2.14 bits per heavy atom. The Hall–Kier alpha value is -0.560. The van der Waals surface area contributed by atoms with Crippen molar-refractivity contribution in [3.05, 3.63) is 15.9 Å². The summed E-state index contributed by atoms with van der Waals surface area (Å²) in [6, 6.07) is 1.45. The molecular formula is C7H5BrF3NOS. The first-order valence-electron chi connectivity index (χ1n) is 3.41. The fourth-order valence-corrected chi connectivity index (χ4v) is 2.15. The van der Waals surface area contributed by atoms with Crippen LogP contribution in [0.4, 0.5) is 18.2 Å². The second-order valence-corrected chi connectivity index (χ2v) is 4.27. The Kier molecular flexibility index (Phi) is 3.20. The zero-order valence-electron chi connectivity index (χ0n) is 6.93. The molecule has 0 fully saturated rings. The molecule has 1 aromatic heterocycles. The van der Waals surface area contributed by atoms with E-state index in [9.17, 15) is 18.0 Å². The highest BCUT2D eigenvalue weighted by Gasteiger charge is 2.41. The molecule has 0 aliphatic rings. The maximum Gasteiger partial charge on any atom is 0.471 e. The highest BCUT2D eigenvalue weighted by molar-refractivity contribution is 9.10. The van der Waals surface area contributed by atoms with Crippen LogP contribution in [-0.4, -0.2) is 19.1 Å². The molecular weight excluding hydrogens is 283 g/mol. The van der Waals surface area contributed by atoms with Crippen LogP contribution in [0.1, 0.15) is 0 Å². The van der Waals surface area contributed by atoms with Gasteiger partial charge in [-0.05, 0) is 22.0 Å². The van der Waals surface area contributed by atoms with Gasteiger partial charge in [0.05, 0.1) is 5.00 Å². The molecule has 1 heterocycles. The molecule has 0 aromatic carbocycles. The third-order valence-electron chi connectivity index (χ3n) is 1.43. The van der Waals surface area contributed by atoms with E-state index in [2.05, 4.69) is 15.9 Å². The molecule has 14 heavy (non-hydrogen) atoms. The fraction of sp³-hybridized carbons (Fsp3) is 0.286. The minimum Gasteiger partial charge on any atom is -0.299 e. The van der Waals surface area contributed by atoms with Gasteiger partial charge in [0.1, 0.15) is 0 Å². The van der Waals surface area contributed by atoms with Gasteiger partial charge in [-0.2, -0.15) is 13.2 Å². The number of amides is 1. The third-order valence-corrected chi connectivity index (χ3v) is 3.20. The molecule has 2 nitrogen and oxygen atoms in total. The first-order chi connectivity index (χ1) is 6.32. The lowest BCUT2D eigenvalue weighted by atomic mass is 10.5. The van der Waals surface area contributed by atoms with Crippen LogP contribution >= 0.6 is 27.3 Å². The fourth-order valence-electron chi connectivity index (χ4n) is 0.769. The predicted octanol–water partition coefficient (Wildman–Crippen LogP) is 3.04. The van der Waals surface area contributed by atoms with Crippen LogP contribution in [0.25, 0.3) is 0 Å². The van der Waals surface area contributed by atoms with Gasteiger partial charge in [-0.1, -0.05) is 0 Å². The first-order valence-corrected chi connectivity index (χ1v) is 5.08. The Balaban J connectivity index is 2.86. The molecule has 78 valence electrons. The van der Waals surface area contributed by atoms with Crippen molar-refractivity contribution in [1.82, 2.24) is 0 Å². The van der Waals surface area contributed by atoms with Gasteiger partial charge in [-0.25, -0.2) is 0 Å². The highest BCUT2D eigenvalue weighted by atomic mass is 79.9. The Labute approximate surface area is 90.5 Å². The summed E-state index contributed by atoms with van der Waals surface area (Å²) in [6.07, 6.45) is -4.83. The van der Waals surface area contributed by atoms with Crippen LogP contribution in [0.15, 0.2) is 15.9 Å². The van der Waals surface area contributed by atoms with Crippen LogP contribution in [0.3, 0.4) is 0 Å². The number of hydrogen-bond donors (Lipinski definition) is 0. The number of hydrogen-bond acceptors (Lipinski definition) is 2. The average Bonchev–Trinajstić information content (AvgIpc) is 2.47. The van der Waals surface area contributed by atoms with Crippen LogP contribution < -0.4 is 4.90 Å². The van der Waals surface area contributed by atoms with Crippen molar-refractivity contribution in [2.75, 3.05) is 11.9 Å². The lowest BCUT2D eigenvalue weighted by Gasteiger charge is -2.16. The van der Waals surface area contributed by atoms with Crippen molar-refractivity contribution in [3.63, 3.8) is 0 Å². The maximum atomic E-state index is 12.0. The zero-order valence-corrected chi connectivity index (χ0v) is 9.33. The molecule has 0 radical (unpaired) electrons. The third kappa shape index (κ3) is 2.48. The number of thiophene rings is 1. The minimum absolute atomic E-state index is 0.249. The van der Waals surface area contributed by atoms with Gasteiger partial charge < -0.3 is 0 Å². The molecule has 0 saturated heterocycles. The van der Waals surface area contributed by atoms with Gasteiger partial charge in [0.25, 0.3) is 0 Å². The van der Waals surface area contributed by atoms with Crippen molar-refractivity contribution in [3.8, 4) is 0 Å². The van der Waals surface area contributed by atoms with Gasteiger partial charge >= 0.3 is 12.1 Å². The highest BCUT2D eigenvalue weighted by Crippen LogP contribution is 2.30. The summed E-state index contributed by atoms with van der Waals surface area (Å²) < 4.78 is 36.6. The van der Waals surface area contributed by atoms with E-state index in [-0.39, 0.29) is 5.00 Å². The van der Waals surface area contributed by atoms with Crippen molar-refractivity contribution < 1.29 is 18.0 Å². The molecule has 0 aliphatic heterocycles. The topological polar surface area (TPSA) is 20.3 Å². The van der Waals surface area contributed by atoms with E-state index in [0.717, 1.165) is 18.4 Å². The summed E-state index contributed by atoms with van der Waals surface area (Å²) in [5.74, 6) is -1.87. The quantitative estimate of drug-likeness (QED) is 0.777. The smallest absolute Gasteiger partial charge is 0.299 e.